The first-order chi connectivity index (χ1) is 14.2. The topological polar surface area (TPSA) is 84.3 Å². The van der Waals surface area contributed by atoms with Crippen molar-refractivity contribution in [3.8, 4) is 0 Å². The Morgan fingerprint density at radius 2 is 1.60 bits per heavy atom. The van der Waals surface area contributed by atoms with Crippen LogP contribution in [0.25, 0.3) is 11.6 Å². The molecule has 0 saturated carbocycles. The van der Waals surface area contributed by atoms with E-state index in [1.54, 1.807) is 40.0 Å². The molecule has 1 N–H and O–H groups in total. The second-order valence-electron chi connectivity index (χ2n) is 7.47. The van der Waals surface area contributed by atoms with Gasteiger partial charge >= 0.3 is 5.97 Å². The summed E-state index contributed by atoms with van der Waals surface area (Å²) < 4.78 is 0. The maximum absolute atomic E-state index is 12.9. The third kappa shape index (κ3) is 4.06. The molecule has 2 aromatic rings. The predicted octanol–water partition coefficient (Wildman–Crippen LogP) is 4.42. The highest BCUT2D eigenvalue weighted by Crippen LogP contribution is 2.32. The fourth-order valence-electron chi connectivity index (χ4n) is 3.45. The number of aromatic nitrogens is 1. The van der Waals surface area contributed by atoms with Crippen LogP contribution in [0.15, 0.2) is 64.9 Å². The Kier molecular flexibility index (Phi) is 5.92. The number of carboxylic acid groups (broad SMARTS) is 1. The molecule has 0 aliphatic heterocycles. The van der Waals surface area contributed by atoms with Crippen molar-refractivity contribution in [3.63, 3.8) is 0 Å². The van der Waals surface area contributed by atoms with E-state index in [-0.39, 0.29) is 17.1 Å². The first kappa shape index (κ1) is 21.1. The molecule has 0 atom stereocenters. The number of aliphatic carboxylic acids is 1. The van der Waals surface area contributed by atoms with Crippen LogP contribution in [0.3, 0.4) is 0 Å². The molecular formula is C25H23NO4. The lowest BCUT2D eigenvalue weighted by Gasteiger charge is -2.20. The van der Waals surface area contributed by atoms with Gasteiger partial charge in [-0.1, -0.05) is 30.3 Å². The number of hydrogen-bond acceptors (Lipinski definition) is 4. The third-order valence-corrected chi connectivity index (χ3v) is 5.41. The molecule has 1 aromatic heterocycles. The number of allylic oxidation sites excluding steroid dienone is 4. The van der Waals surface area contributed by atoms with Crippen molar-refractivity contribution in [1.29, 1.82) is 0 Å². The summed E-state index contributed by atoms with van der Waals surface area (Å²) in [7, 11) is 0. The van der Waals surface area contributed by atoms with E-state index in [0.29, 0.717) is 34.4 Å². The van der Waals surface area contributed by atoms with Gasteiger partial charge < -0.3 is 5.11 Å². The van der Waals surface area contributed by atoms with Gasteiger partial charge in [0.05, 0.1) is 11.3 Å². The Balaban J connectivity index is 1.96. The quantitative estimate of drug-likeness (QED) is 0.592. The largest absolute Gasteiger partial charge is 0.478 e. The first-order valence-corrected chi connectivity index (χ1v) is 9.63. The lowest BCUT2D eigenvalue weighted by Crippen LogP contribution is -2.21. The fourth-order valence-corrected chi connectivity index (χ4v) is 3.45. The smallest absolute Gasteiger partial charge is 0.331 e. The Bertz CT molecular complexity index is 1150. The number of carbonyl (C=O) groups is 3. The van der Waals surface area contributed by atoms with Crippen LogP contribution in [0, 0.1) is 0 Å². The number of carboxylic acids is 1. The Labute approximate surface area is 175 Å². The van der Waals surface area contributed by atoms with Gasteiger partial charge in [-0.15, -0.1) is 0 Å². The van der Waals surface area contributed by atoms with Crippen LogP contribution < -0.4 is 0 Å². The summed E-state index contributed by atoms with van der Waals surface area (Å²) in [5, 5.41) is 9.01. The summed E-state index contributed by atoms with van der Waals surface area (Å²) in [4.78, 5) is 40.9. The molecule has 30 heavy (non-hydrogen) atoms. The van der Waals surface area contributed by atoms with Gasteiger partial charge in [0, 0.05) is 28.5 Å². The number of hydrogen-bond donors (Lipinski definition) is 1. The van der Waals surface area contributed by atoms with Crippen molar-refractivity contribution < 1.29 is 19.5 Å². The summed E-state index contributed by atoms with van der Waals surface area (Å²) in [6.45, 7) is 6.58. The molecule has 1 aliphatic carbocycles. The molecular weight excluding hydrogens is 378 g/mol. The van der Waals surface area contributed by atoms with Crippen LogP contribution in [-0.4, -0.2) is 27.6 Å². The van der Waals surface area contributed by atoms with Gasteiger partial charge in [-0.05, 0) is 62.9 Å². The van der Waals surface area contributed by atoms with Crippen LogP contribution in [0.1, 0.15) is 50.1 Å². The molecule has 5 nitrogen and oxygen atoms in total. The average molecular weight is 401 g/mol. The van der Waals surface area contributed by atoms with Gasteiger partial charge in [-0.3, -0.25) is 14.6 Å². The van der Waals surface area contributed by atoms with Crippen LogP contribution in [0.5, 0.6) is 0 Å². The van der Waals surface area contributed by atoms with Crippen molar-refractivity contribution in [2.45, 2.75) is 34.1 Å². The number of benzene rings is 1. The van der Waals surface area contributed by atoms with Crippen molar-refractivity contribution in [3.05, 3.63) is 87.3 Å². The molecule has 5 heteroatoms. The third-order valence-electron chi connectivity index (χ3n) is 5.41. The molecule has 0 spiro atoms. The Hall–Kier alpha value is -3.60. The van der Waals surface area contributed by atoms with Gasteiger partial charge in [0.1, 0.15) is 0 Å². The minimum Gasteiger partial charge on any atom is -0.478 e. The number of carbonyl (C=O) groups excluding carboxylic acids is 2. The summed E-state index contributed by atoms with van der Waals surface area (Å²) in [6.07, 6.45) is 3.77. The average Bonchev–Trinajstić information content (AvgIpc) is 2.73. The molecule has 0 amide bonds. The summed E-state index contributed by atoms with van der Waals surface area (Å²) >= 11 is 0. The number of nitrogens with zero attached hydrogens (tertiary/aromatic N) is 1. The first-order valence-electron chi connectivity index (χ1n) is 9.63. The van der Waals surface area contributed by atoms with Gasteiger partial charge in [-0.2, -0.15) is 0 Å². The van der Waals surface area contributed by atoms with Crippen LogP contribution in [0.4, 0.5) is 0 Å². The molecule has 3 rings (SSSR count). The Morgan fingerprint density at radius 1 is 0.967 bits per heavy atom. The minimum absolute atomic E-state index is 0.122. The standard InChI is InChI=1S/C25H23NO4/c1-14(25(29)30)12-18-7-9-19(10-8-18)13-20-6-5-11-26-22(20)21-17(4)23(27)15(2)16(3)24(21)28/h5-12H,13H2,1-4H3,(H,29,30). The van der Waals surface area contributed by atoms with E-state index in [0.717, 1.165) is 16.7 Å². The van der Waals surface area contributed by atoms with Crippen LogP contribution in [-0.2, 0) is 20.8 Å². The van der Waals surface area contributed by atoms with Crippen molar-refractivity contribution in [1.82, 2.24) is 4.98 Å². The highest BCUT2D eigenvalue weighted by atomic mass is 16.4. The van der Waals surface area contributed by atoms with E-state index < -0.39 is 5.97 Å². The SMILES string of the molecule is CC(=Cc1ccc(Cc2cccnc2C2=C(C)C(=O)C(C)=C(C)C2=O)cc1)C(=O)O. The molecule has 0 radical (unpaired) electrons. The lowest BCUT2D eigenvalue weighted by molar-refractivity contribution is -0.132. The van der Waals surface area contributed by atoms with E-state index in [2.05, 4.69) is 4.98 Å². The van der Waals surface area contributed by atoms with Gasteiger partial charge in [0.2, 0.25) is 0 Å². The van der Waals surface area contributed by atoms with Gasteiger partial charge in [0.25, 0.3) is 0 Å². The summed E-state index contributed by atoms with van der Waals surface area (Å²) in [5.74, 6) is -1.23. The monoisotopic (exact) mass is 401 g/mol. The van der Waals surface area contributed by atoms with E-state index >= 15 is 0 Å². The molecule has 0 saturated heterocycles. The normalized spacial score (nSPS) is 15.1. The maximum atomic E-state index is 12.9. The van der Waals surface area contributed by atoms with E-state index in [4.69, 9.17) is 5.11 Å². The summed E-state index contributed by atoms with van der Waals surface area (Å²) in [5.41, 5.74) is 5.18. The van der Waals surface area contributed by atoms with E-state index in [1.807, 2.05) is 36.4 Å². The number of rotatable bonds is 5. The second-order valence-corrected chi connectivity index (χ2v) is 7.47. The zero-order chi connectivity index (χ0) is 22.0. The predicted molar refractivity (Wildman–Crippen MR) is 116 cm³/mol. The number of ketones is 2. The molecule has 152 valence electrons. The Morgan fingerprint density at radius 3 is 2.23 bits per heavy atom. The highest BCUT2D eigenvalue weighted by molar-refractivity contribution is 6.38. The zero-order valence-electron chi connectivity index (χ0n) is 17.4. The second kappa shape index (κ2) is 8.41. The van der Waals surface area contributed by atoms with E-state index in [1.165, 1.54) is 0 Å². The van der Waals surface area contributed by atoms with Crippen LogP contribution in [0.2, 0.25) is 0 Å². The van der Waals surface area contributed by atoms with Crippen molar-refractivity contribution in [2.24, 2.45) is 0 Å². The highest BCUT2D eigenvalue weighted by Gasteiger charge is 2.30. The van der Waals surface area contributed by atoms with Gasteiger partial charge in [0.15, 0.2) is 11.6 Å². The number of pyridine rings is 1. The van der Waals surface area contributed by atoms with Crippen LogP contribution >= 0.6 is 0 Å². The molecule has 0 bridgehead atoms. The molecule has 0 unspecified atom stereocenters. The zero-order valence-corrected chi connectivity index (χ0v) is 17.4. The number of Topliss-reactive ketones (excluding diaryl/α,β-unsaturated/α-hetero) is 2. The molecule has 1 heterocycles. The van der Waals surface area contributed by atoms with Gasteiger partial charge in [-0.25, -0.2) is 4.79 Å². The van der Waals surface area contributed by atoms with Crippen molar-refractivity contribution in [2.75, 3.05) is 0 Å². The minimum atomic E-state index is -0.950. The fraction of sp³-hybridized carbons (Fsp3) is 0.200. The summed E-state index contributed by atoms with van der Waals surface area (Å²) in [6, 6.07) is 11.3. The molecule has 1 aromatic carbocycles. The maximum Gasteiger partial charge on any atom is 0.331 e. The molecule has 1 aliphatic rings. The van der Waals surface area contributed by atoms with E-state index in [9.17, 15) is 14.4 Å². The molecule has 0 fully saturated rings. The lowest BCUT2D eigenvalue weighted by atomic mass is 9.83. The van der Waals surface area contributed by atoms with Crippen molar-refractivity contribution >= 4 is 29.2 Å².